The number of nitrogens with one attached hydrogen (secondary N) is 1. The molecule has 1 aliphatic heterocycles. The molecule has 1 aliphatic rings. The van der Waals surface area contributed by atoms with E-state index in [0.717, 1.165) is 56.9 Å². The van der Waals surface area contributed by atoms with Gasteiger partial charge in [-0.3, -0.25) is 14.7 Å². The van der Waals surface area contributed by atoms with Gasteiger partial charge in [0.15, 0.2) is 0 Å². The standard InChI is InChI=1S/C28H36N4O2S/c1-3-28(33)32(24-9-6-15-30-20-24)23-13-17-31(18-14-23)21-22-8-4-5-10-25(22)34-26(12-16-29-2)27-11-7-19-35-27/h4-11,15,19-20,23,26,29H,3,12-14,16-18,21H2,1-2H3. The smallest absolute Gasteiger partial charge is 0.227 e. The molecule has 0 bridgehead atoms. The van der Waals surface area contributed by atoms with Gasteiger partial charge >= 0.3 is 0 Å². The van der Waals surface area contributed by atoms with Crippen molar-refractivity contribution >= 4 is 22.9 Å². The van der Waals surface area contributed by atoms with E-state index in [-0.39, 0.29) is 18.1 Å². The van der Waals surface area contributed by atoms with Crippen LogP contribution in [0.5, 0.6) is 5.75 Å². The number of pyridine rings is 1. The molecule has 35 heavy (non-hydrogen) atoms. The number of carbonyl (C=O) groups is 1. The number of ether oxygens (including phenoxy) is 1. The molecule has 1 fully saturated rings. The van der Waals surface area contributed by atoms with Gasteiger partial charge in [0.25, 0.3) is 0 Å². The Morgan fingerprint density at radius 1 is 1.20 bits per heavy atom. The van der Waals surface area contributed by atoms with Crippen LogP contribution in [0.2, 0.25) is 0 Å². The lowest BCUT2D eigenvalue weighted by Gasteiger charge is -2.38. The van der Waals surface area contributed by atoms with Crippen molar-refractivity contribution in [3.8, 4) is 5.75 Å². The lowest BCUT2D eigenvalue weighted by atomic mass is 10.0. The molecular weight excluding hydrogens is 456 g/mol. The predicted octanol–water partition coefficient (Wildman–Crippen LogP) is 5.28. The third-order valence-electron chi connectivity index (χ3n) is 6.57. The maximum Gasteiger partial charge on any atom is 0.227 e. The zero-order valence-electron chi connectivity index (χ0n) is 20.7. The number of hydrogen-bond donors (Lipinski definition) is 1. The van der Waals surface area contributed by atoms with Crippen LogP contribution in [0.3, 0.4) is 0 Å². The molecule has 1 atom stereocenters. The van der Waals surface area contributed by atoms with E-state index in [1.54, 1.807) is 23.7 Å². The number of piperidine rings is 1. The van der Waals surface area contributed by atoms with Gasteiger partial charge in [-0.2, -0.15) is 0 Å². The topological polar surface area (TPSA) is 57.7 Å². The number of nitrogens with zero attached hydrogens (tertiary/aromatic N) is 3. The molecule has 3 aromatic rings. The van der Waals surface area contributed by atoms with Crippen LogP contribution >= 0.6 is 11.3 Å². The number of aromatic nitrogens is 1. The van der Waals surface area contributed by atoms with E-state index in [9.17, 15) is 4.79 Å². The van der Waals surface area contributed by atoms with E-state index < -0.39 is 0 Å². The zero-order valence-corrected chi connectivity index (χ0v) is 21.5. The summed E-state index contributed by atoms with van der Waals surface area (Å²) in [7, 11) is 1.98. The predicted molar refractivity (Wildman–Crippen MR) is 143 cm³/mol. The Labute approximate surface area is 212 Å². The van der Waals surface area contributed by atoms with Gasteiger partial charge in [0.05, 0.1) is 11.9 Å². The summed E-state index contributed by atoms with van der Waals surface area (Å²) in [5, 5.41) is 5.36. The molecule has 1 aromatic carbocycles. The van der Waals surface area contributed by atoms with Gasteiger partial charge in [0, 0.05) is 55.2 Å². The molecule has 0 aliphatic carbocycles. The minimum absolute atomic E-state index is 0.0439. The Kier molecular flexibility index (Phi) is 9.28. The summed E-state index contributed by atoms with van der Waals surface area (Å²) < 4.78 is 6.58. The minimum Gasteiger partial charge on any atom is -0.485 e. The van der Waals surface area contributed by atoms with E-state index in [1.807, 2.05) is 31.0 Å². The Hall–Kier alpha value is -2.74. The third-order valence-corrected chi connectivity index (χ3v) is 7.53. The summed E-state index contributed by atoms with van der Waals surface area (Å²) in [5.41, 5.74) is 2.11. The van der Waals surface area contributed by atoms with E-state index in [4.69, 9.17) is 4.74 Å². The fraction of sp³-hybridized carbons (Fsp3) is 0.429. The summed E-state index contributed by atoms with van der Waals surface area (Å²) in [4.78, 5) is 22.7. The first-order chi connectivity index (χ1) is 17.2. The summed E-state index contributed by atoms with van der Waals surface area (Å²) in [6.45, 7) is 5.57. The molecule has 7 heteroatoms. The van der Waals surface area contributed by atoms with Crippen molar-refractivity contribution in [3.05, 3.63) is 76.7 Å². The first kappa shape index (κ1) is 25.4. The van der Waals surface area contributed by atoms with Crippen LogP contribution in [0.25, 0.3) is 0 Å². The number of anilines is 1. The zero-order chi connectivity index (χ0) is 24.5. The number of amides is 1. The summed E-state index contributed by atoms with van der Waals surface area (Å²) >= 11 is 1.75. The number of carbonyl (C=O) groups excluding carboxylic acids is 1. The van der Waals surface area contributed by atoms with Crippen molar-refractivity contribution in [1.82, 2.24) is 15.2 Å². The Balaban J connectivity index is 1.41. The van der Waals surface area contributed by atoms with Crippen molar-refractivity contribution < 1.29 is 9.53 Å². The second kappa shape index (κ2) is 12.8. The lowest BCUT2D eigenvalue weighted by molar-refractivity contribution is -0.119. The molecule has 6 nitrogen and oxygen atoms in total. The van der Waals surface area contributed by atoms with E-state index >= 15 is 0 Å². The molecule has 0 spiro atoms. The number of rotatable bonds is 11. The van der Waals surface area contributed by atoms with Crippen LogP contribution in [0.1, 0.15) is 49.2 Å². The maximum atomic E-state index is 12.8. The van der Waals surface area contributed by atoms with Gasteiger partial charge < -0.3 is 15.0 Å². The second-order valence-electron chi connectivity index (χ2n) is 8.96. The number of likely N-dealkylation sites (tertiary alicyclic amines) is 1. The fourth-order valence-corrected chi connectivity index (χ4v) is 5.50. The highest BCUT2D eigenvalue weighted by Gasteiger charge is 2.29. The van der Waals surface area contributed by atoms with E-state index in [2.05, 4.69) is 57.0 Å². The monoisotopic (exact) mass is 492 g/mol. The van der Waals surface area contributed by atoms with Crippen molar-refractivity contribution in [2.24, 2.45) is 0 Å². The Bertz CT molecular complexity index is 1040. The van der Waals surface area contributed by atoms with Crippen LogP contribution in [0.15, 0.2) is 66.3 Å². The van der Waals surface area contributed by atoms with Crippen LogP contribution in [0.4, 0.5) is 5.69 Å². The van der Waals surface area contributed by atoms with Crippen LogP contribution in [-0.4, -0.2) is 48.5 Å². The van der Waals surface area contributed by atoms with Crippen molar-refractivity contribution in [2.45, 2.75) is 51.3 Å². The highest BCUT2D eigenvalue weighted by Crippen LogP contribution is 2.31. The van der Waals surface area contributed by atoms with Crippen molar-refractivity contribution in [1.29, 1.82) is 0 Å². The second-order valence-corrected chi connectivity index (χ2v) is 9.94. The lowest BCUT2D eigenvalue weighted by Crippen LogP contribution is -2.47. The molecule has 2 aromatic heterocycles. The van der Waals surface area contributed by atoms with Gasteiger partial charge in [0.1, 0.15) is 11.9 Å². The number of benzene rings is 1. The molecule has 4 rings (SSSR count). The average Bonchev–Trinajstić information content (AvgIpc) is 3.44. The highest BCUT2D eigenvalue weighted by molar-refractivity contribution is 7.10. The van der Waals surface area contributed by atoms with E-state index in [0.29, 0.717) is 6.42 Å². The molecule has 1 N–H and O–H groups in total. The van der Waals surface area contributed by atoms with Gasteiger partial charge in [0.2, 0.25) is 5.91 Å². The molecule has 1 amide bonds. The van der Waals surface area contributed by atoms with Crippen molar-refractivity contribution in [2.75, 3.05) is 31.6 Å². The van der Waals surface area contributed by atoms with Gasteiger partial charge in [-0.05, 0) is 56.1 Å². The SMILES string of the molecule is CCC(=O)N(c1cccnc1)C1CCN(Cc2ccccc2OC(CCNC)c2cccs2)CC1. The van der Waals surface area contributed by atoms with Crippen molar-refractivity contribution in [3.63, 3.8) is 0 Å². The van der Waals surface area contributed by atoms with Gasteiger partial charge in [-0.1, -0.05) is 31.2 Å². The normalized spacial score (nSPS) is 15.6. The molecule has 186 valence electrons. The summed E-state index contributed by atoms with van der Waals surface area (Å²) in [6, 6.07) is 16.7. The van der Waals surface area contributed by atoms with Crippen LogP contribution < -0.4 is 15.0 Å². The number of hydrogen-bond acceptors (Lipinski definition) is 6. The average molecular weight is 493 g/mol. The highest BCUT2D eigenvalue weighted by atomic mass is 32.1. The molecule has 1 saturated heterocycles. The molecule has 1 unspecified atom stereocenters. The van der Waals surface area contributed by atoms with E-state index in [1.165, 1.54) is 10.4 Å². The first-order valence-electron chi connectivity index (χ1n) is 12.6. The maximum absolute atomic E-state index is 12.8. The Morgan fingerprint density at radius 2 is 2.03 bits per heavy atom. The summed E-state index contributed by atoms with van der Waals surface area (Å²) in [5.74, 6) is 1.12. The van der Waals surface area contributed by atoms with Crippen LogP contribution in [-0.2, 0) is 11.3 Å². The molecule has 0 radical (unpaired) electrons. The first-order valence-corrected chi connectivity index (χ1v) is 13.4. The number of thiophene rings is 1. The minimum atomic E-state index is 0.0439. The quantitative estimate of drug-likeness (QED) is 0.395. The Morgan fingerprint density at radius 3 is 2.71 bits per heavy atom. The molecule has 3 heterocycles. The van der Waals surface area contributed by atoms with Gasteiger partial charge in [-0.25, -0.2) is 0 Å². The summed E-state index contributed by atoms with van der Waals surface area (Å²) in [6.07, 6.45) is 6.91. The fourth-order valence-electron chi connectivity index (χ4n) is 4.71. The molecule has 0 saturated carbocycles. The number of para-hydroxylation sites is 1. The largest absolute Gasteiger partial charge is 0.485 e. The van der Waals surface area contributed by atoms with Gasteiger partial charge in [-0.15, -0.1) is 11.3 Å². The van der Waals surface area contributed by atoms with Crippen LogP contribution in [0, 0.1) is 0 Å². The molecular formula is C28H36N4O2S. The third kappa shape index (κ3) is 6.69.